The van der Waals surface area contributed by atoms with Crippen molar-refractivity contribution < 1.29 is 27.1 Å². The summed E-state index contributed by atoms with van der Waals surface area (Å²) in [5, 5.41) is 0. The van der Waals surface area contributed by atoms with Crippen molar-refractivity contribution in [3.8, 4) is 0 Å². The van der Waals surface area contributed by atoms with E-state index in [0.717, 1.165) is 18.9 Å². The number of rotatable bonds is 7. The molecule has 0 spiro atoms. The van der Waals surface area contributed by atoms with Crippen LogP contribution in [0, 0.1) is 5.82 Å². The molecule has 1 aromatic carbocycles. The Kier molecular flexibility index (Phi) is 7.16. The highest BCUT2D eigenvalue weighted by Crippen LogP contribution is 2.20. The first-order chi connectivity index (χ1) is 12.2. The average Bonchev–Trinajstić information content (AvgIpc) is 2.94. The zero-order valence-electron chi connectivity index (χ0n) is 14.4. The second-order valence-corrected chi connectivity index (χ2v) is 9.34. The van der Waals surface area contributed by atoms with Crippen molar-refractivity contribution in [2.45, 2.75) is 32.2 Å². The van der Waals surface area contributed by atoms with Gasteiger partial charge in [0, 0.05) is 17.1 Å². The summed E-state index contributed by atoms with van der Waals surface area (Å²) in [6.45, 7) is 1.81. The van der Waals surface area contributed by atoms with Gasteiger partial charge in [0.05, 0.1) is 17.1 Å². The average molecular weight is 450 g/mol. The molecular weight excluding hydrogens is 429 g/mol. The Morgan fingerprint density at radius 1 is 1.38 bits per heavy atom. The molecule has 1 aromatic rings. The fourth-order valence-electron chi connectivity index (χ4n) is 2.80. The van der Waals surface area contributed by atoms with Gasteiger partial charge in [-0.05, 0) is 31.0 Å². The third-order valence-electron chi connectivity index (χ3n) is 4.20. The van der Waals surface area contributed by atoms with E-state index in [1.807, 2.05) is 6.92 Å². The molecule has 0 aliphatic carbocycles. The molecule has 0 saturated carbocycles. The van der Waals surface area contributed by atoms with Gasteiger partial charge in [-0.2, -0.15) is 0 Å². The van der Waals surface area contributed by atoms with Crippen LogP contribution in [0.25, 0.3) is 0 Å². The molecule has 1 unspecified atom stereocenters. The van der Waals surface area contributed by atoms with Crippen molar-refractivity contribution in [1.82, 2.24) is 4.90 Å². The van der Waals surface area contributed by atoms with Crippen molar-refractivity contribution in [2.75, 3.05) is 24.7 Å². The summed E-state index contributed by atoms with van der Waals surface area (Å²) < 4.78 is 42.6. The number of benzene rings is 1. The minimum absolute atomic E-state index is 0.0522. The Morgan fingerprint density at radius 2 is 2.12 bits per heavy atom. The van der Waals surface area contributed by atoms with Crippen LogP contribution in [0.15, 0.2) is 22.7 Å². The van der Waals surface area contributed by atoms with Gasteiger partial charge in [-0.3, -0.25) is 4.79 Å². The molecule has 1 heterocycles. The van der Waals surface area contributed by atoms with Gasteiger partial charge in [0.25, 0.3) is 5.91 Å². The van der Waals surface area contributed by atoms with E-state index in [0.29, 0.717) is 17.4 Å². The van der Waals surface area contributed by atoms with E-state index < -0.39 is 40.2 Å². The number of sulfone groups is 1. The standard InChI is InChI=1S/C17H21BrFNO5S/c1-2-3-7-20(13-6-8-26(23,24)11-13)16(21)10-25-17(22)14-9-12(18)4-5-15(14)19/h4-5,9,13H,2-3,6-8,10-11H2,1H3. The van der Waals surface area contributed by atoms with Crippen molar-refractivity contribution in [3.05, 3.63) is 34.1 Å². The molecule has 1 aliphatic heterocycles. The first-order valence-corrected chi connectivity index (χ1v) is 11.0. The minimum atomic E-state index is -3.14. The van der Waals surface area contributed by atoms with E-state index in [9.17, 15) is 22.4 Å². The highest BCUT2D eigenvalue weighted by atomic mass is 79.9. The second-order valence-electron chi connectivity index (χ2n) is 6.20. The molecule has 1 atom stereocenters. The molecule has 2 rings (SSSR count). The SMILES string of the molecule is CCCCN(C(=O)COC(=O)c1cc(Br)ccc1F)C1CCS(=O)(=O)C1. The van der Waals surface area contributed by atoms with Crippen LogP contribution >= 0.6 is 15.9 Å². The van der Waals surface area contributed by atoms with Gasteiger partial charge >= 0.3 is 5.97 Å². The van der Waals surface area contributed by atoms with Gasteiger partial charge in [-0.15, -0.1) is 0 Å². The fourth-order valence-corrected chi connectivity index (χ4v) is 4.89. The number of ether oxygens (including phenoxy) is 1. The number of carbonyl (C=O) groups excluding carboxylic acids is 2. The van der Waals surface area contributed by atoms with Crippen LogP contribution in [-0.2, 0) is 19.4 Å². The lowest BCUT2D eigenvalue weighted by Gasteiger charge is -2.28. The number of esters is 1. The summed E-state index contributed by atoms with van der Waals surface area (Å²) in [5.41, 5.74) is -0.268. The smallest absolute Gasteiger partial charge is 0.341 e. The Balaban J connectivity index is 2.02. The van der Waals surface area contributed by atoms with Crippen LogP contribution in [0.2, 0.25) is 0 Å². The summed E-state index contributed by atoms with van der Waals surface area (Å²) in [7, 11) is -3.14. The van der Waals surface area contributed by atoms with E-state index in [2.05, 4.69) is 15.9 Å². The maximum atomic E-state index is 13.7. The molecule has 0 aromatic heterocycles. The molecule has 144 valence electrons. The van der Waals surface area contributed by atoms with Crippen LogP contribution in [0.1, 0.15) is 36.5 Å². The number of halogens is 2. The van der Waals surface area contributed by atoms with Gasteiger partial charge in [0.2, 0.25) is 0 Å². The van der Waals surface area contributed by atoms with Gasteiger partial charge in [0.15, 0.2) is 16.4 Å². The summed E-state index contributed by atoms with van der Waals surface area (Å²) in [6, 6.07) is 3.45. The monoisotopic (exact) mass is 449 g/mol. The van der Waals surface area contributed by atoms with Crippen molar-refractivity contribution in [2.24, 2.45) is 0 Å². The van der Waals surface area contributed by atoms with E-state index in [1.165, 1.54) is 17.0 Å². The third-order valence-corrected chi connectivity index (χ3v) is 6.44. The van der Waals surface area contributed by atoms with Crippen LogP contribution in [0.5, 0.6) is 0 Å². The molecule has 0 N–H and O–H groups in total. The van der Waals surface area contributed by atoms with Crippen LogP contribution in [-0.4, -0.2) is 55.9 Å². The van der Waals surface area contributed by atoms with Crippen molar-refractivity contribution in [1.29, 1.82) is 0 Å². The van der Waals surface area contributed by atoms with Crippen molar-refractivity contribution >= 4 is 37.6 Å². The lowest BCUT2D eigenvalue weighted by molar-refractivity contribution is -0.136. The fraction of sp³-hybridized carbons (Fsp3) is 0.529. The number of hydrogen-bond donors (Lipinski definition) is 0. The summed E-state index contributed by atoms with van der Waals surface area (Å²) in [6.07, 6.45) is 1.94. The molecule has 0 bridgehead atoms. The number of unbranched alkanes of at least 4 members (excludes halogenated alkanes) is 1. The molecule has 26 heavy (non-hydrogen) atoms. The molecule has 1 aliphatic rings. The molecular formula is C17H21BrFNO5S. The number of hydrogen-bond acceptors (Lipinski definition) is 5. The second kappa shape index (κ2) is 8.94. The van der Waals surface area contributed by atoms with Crippen molar-refractivity contribution in [3.63, 3.8) is 0 Å². The summed E-state index contributed by atoms with van der Waals surface area (Å²) >= 11 is 3.15. The summed E-state index contributed by atoms with van der Waals surface area (Å²) in [4.78, 5) is 26.0. The van der Waals surface area contributed by atoms with E-state index >= 15 is 0 Å². The number of amides is 1. The van der Waals surface area contributed by atoms with Crippen LogP contribution < -0.4 is 0 Å². The topological polar surface area (TPSA) is 80.8 Å². The molecule has 0 radical (unpaired) electrons. The van der Waals surface area contributed by atoms with Gasteiger partial charge < -0.3 is 9.64 Å². The van der Waals surface area contributed by atoms with Crippen LogP contribution in [0.3, 0.4) is 0 Å². The Bertz CT molecular complexity index is 783. The Morgan fingerprint density at radius 3 is 2.73 bits per heavy atom. The third kappa shape index (κ3) is 5.51. The Labute approximate surface area is 160 Å². The lowest BCUT2D eigenvalue weighted by atomic mass is 10.2. The largest absolute Gasteiger partial charge is 0.452 e. The predicted octanol–water partition coefficient (Wildman–Crippen LogP) is 2.56. The first-order valence-electron chi connectivity index (χ1n) is 8.35. The zero-order chi connectivity index (χ0) is 19.3. The van der Waals surface area contributed by atoms with Gasteiger partial charge in [-0.25, -0.2) is 17.6 Å². The maximum Gasteiger partial charge on any atom is 0.341 e. The molecule has 1 saturated heterocycles. The van der Waals surface area contributed by atoms with Gasteiger partial charge in [-0.1, -0.05) is 29.3 Å². The van der Waals surface area contributed by atoms with E-state index in [1.54, 1.807) is 0 Å². The molecule has 9 heteroatoms. The highest BCUT2D eigenvalue weighted by Gasteiger charge is 2.34. The lowest BCUT2D eigenvalue weighted by Crippen LogP contribution is -2.43. The molecule has 1 amide bonds. The predicted molar refractivity (Wildman–Crippen MR) is 98.1 cm³/mol. The molecule has 6 nitrogen and oxygen atoms in total. The minimum Gasteiger partial charge on any atom is -0.452 e. The highest BCUT2D eigenvalue weighted by molar-refractivity contribution is 9.10. The first kappa shape index (κ1) is 20.8. The normalized spacial score (nSPS) is 18.5. The summed E-state index contributed by atoms with van der Waals surface area (Å²) in [5.74, 6) is -2.17. The van der Waals surface area contributed by atoms with E-state index in [4.69, 9.17) is 4.74 Å². The quantitative estimate of drug-likeness (QED) is 0.597. The maximum absolute atomic E-state index is 13.7. The van der Waals surface area contributed by atoms with Gasteiger partial charge in [0.1, 0.15) is 5.82 Å². The van der Waals surface area contributed by atoms with E-state index in [-0.39, 0.29) is 17.1 Å². The zero-order valence-corrected chi connectivity index (χ0v) is 16.8. The molecule has 1 fully saturated rings. The number of nitrogens with zero attached hydrogens (tertiary/aromatic N) is 1. The Hall–Kier alpha value is -1.48. The number of carbonyl (C=O) groups is 2. The van der Waals surface area contributed by atoms with Crippen LogP contribution in [0.4, 0.5) is 4.39 Å².